The predicted molar refractivity (Wildman–Crippen MR) is 122 cm³/mol. The number of hydrogen-bond donors (Lipinski definition) is 7. The van der Waals surface area contributed by atoms with E-state index in [0.29, 0.717) is 11.1 Å². The van der Waals surface area contributed by atoms with E-state index in [1.54, 1.807) is 36.4 Å². The van der Waals surface area contributed by atoms with Crippen LogP contribution >= 0.6 is 0 Å². The molecule has 3 rings (SSSR count). The van der Waals surface area contributed by atoms with Gasteiger partial charge >= 0.3 is 11.9 Å². The third-order valence-electron chi connectivity index (χ3n) is 5.66. The smallest absolute Gasteiger partial charge is 0.326 e. The van der Waals surface area contributed by atoms with Crippen LogP contribution in [-0.4, -0.2) is 91.8 Å². The maximum absolute atomic E-state index is 12.7. The number of carboxylic acids is 2. The molecule has 36 heavy (non-hydrogen) atoms. The van der Waals surface area contributed by atoms with Crippen LogP contribution in [0.3, 0.4) is 0 Å². The van der Waals surface area contributed by atoms with E-state index in [2.05, 4.69) is 5.32 Å². The second-order valence-electron chi connectivity index (χ2n) is 8.19. The number of aliphatic carboxylic acids is 2. The molecule has 6 atom stereocenters. The molecule has 7 N–H and O–H groups in total. The third-order valence-corrected chi connectivity index (χ3v) is 5.66. The highest BCUT2D eigenvalue weighted by Gasteiger charge is 2.44. The Balaban J connectivity index is 1.82. The Morgan fingerprint density at radius 3 is 2.36 bits per heavy atom. The van der Waals surface area contributed by atoms with Crippen LogP contribution in [0.2, 0.25) is 0 Å². The second kappa shape index (κ2) is 11.9. The van der Waals surface area contributed by atoms with Gasteiger partial charge in [-0.25, -0.2) is 4.79 Å². The Hall–Kier alpha value is -3.55. The van der Waals surface area contributed by atoms with Gasteiger partial charge in [-0.05, 0) is 30.2 Å². The summed E-state index contributed by atoms with van der Waals surface area (Å²) in [5, 5.41) is 60.1. The van der Waals surface area contributed by atoms with Crippen LogP contribution in [-0.2, 0) is 14.3 Å². The van der Waals surface area contributed by atoms with E-state index in [-0.39, 0.29) is 17.7 Å². The van der Waals surface area contributed by atoms with Gasteiger partial charge in [0.1, 0.15) is 36.2 Å². The molecule has 0 unspecified atom stereocenters. The highest BCUT2D eigenvalue weighted by Crippen LogP contribution is 2.33. The molecule has 1 saturated heterocycles. The van der Waals surface area contributed by atoms with Crippen molar-refractivity contribution in [2.24, 2.45) is 0 Å². The van der Waals surface area contributed by atoms with E-state index in [4.69, 9.17) is 14.6 Å². The molecule has 12 heteroatoms. The molecular formula is C24H27NO11. The van der Waals surface area contributed by atoms with Crippen LogP contribution in [0.5, 0.6) is 5.75 Å². The molecule has 1 amide bonds. The molecule has 0 aromatic heterocycles. The van der Waals surface area contributed by atoms with Crippen molar-refractivity contribution in [1.29, 1.82) is 0 Å². The Morgan fingerprint density at radius 2 is 1.69 bits per heavy atom. The number of ether oxygens (including phenoxy) is 2. The van der Waals surface area contributed by atoms with Crippen molar-refractivity contribution in [2.45, 2.75) is 49.6 Å². The molecule has 2 aromatic carbocycles. The van der Waals surface area contributed by atoms with Crippen LogP contribution in [0.1, 0.15) is 23.2 Å². The zero-order valence-electron chi connectivity index (χ0n) is 18.9. The van der Waals surface area contributed by atoms with Crippen molar-refractivity contribution in [3.8, 4) is 16.9 Å². The first-order chi connectivity index (χ1) is 17.1. The monoisotopic (exact) mass is 505 g/mol. The van der Waals surface area contributed by atoms with Gasteiger partial charge < -0.3 is 45.4 Å². The summed E-state index contributed by atoms with van der Waals surface area (Å²) < 4.78 is 11.2. The molecule has 0 aliphatic carbocycles. The first kappa shape index (κ1) is 27.0. The first-order valence-electron chi connectivity index (χ1n) is 11.0. The number of amides is 1. The van der Waals surface area contributed by atoms with Crippen molar-refractivity contribution in [3.05, 3.63) is 54.1 Å². The van der Waals surface area contributed by atoms with E-state index in [0.717, 1.165) is 0 Å². The number of carboxylic acid groups (broad SMARTS) is 2. The molecule has 1 aliphatic rings. The first-order valence-corrected chi connectivity index (χ1v) is 11.0. The van der Waals surface area contributed by atoms with Crippen molar-refractivity contribution < 1.29 is 54.5 Å². The van der Waals surface area contributed by atoms with E-state index >= 15 is 0 Å². The number of aliphatic hydroxyl groups is 4. The number of rotatable bonds is 10. The second-order valence-corrected chi connectivity index (χ2v) is 8.19. The lowest BCUT2D eigenvalue weighted by Crippen LogP contribution is -2.60. The van der Waals surface area contributed by atoms with E-state index < -0.39 is 67.6 Å². The van der Waals surface area contributed by atoms with Gasteiger partial charge in [-0.1, -0.05) is 30.3 Å². The maximum atomic E-state index is 12.7. The fourth-order valence-electron chi connectivity index (χ4n) is 3.69. The standard InChI is InChI=1S/C24H27NO11/c26-11-17-19(29)20(30)21(31)24(36-17)35-16-7-2-1-6-14(16)12-4-3-5-13(10-12)22(32)25-15(23(33)34)8-9-18(27)28/h1-7,10,15,17,19-21,24,26,29-31H,8-9,11H2,(H,25,32)(H,27,28)(H,33,34)/t15-,17+,19+,20-,21-,24-/m0/s1. The zero-order valence-corrected chi connectivity index (χ0v) is 18.9. The van der Waals surface area contributed by atoms with Gasteiger partial charge in [-0.15, -0.1) is 0 Å². The minimum absolute atomic E-state index is 0.108. The van der Waals surface area contributed by atoms with Gasteiger partial charge in [0.05, 0.1) is 6.61 Å². The summed E-state index contributed by atoms with van der Waals surface area (Å²) >= 11 is 0. The minimum Gasteiger partial charge on any atom is -0.481 e. The van der Waals surface area contributed by atoms with Crippen molar-refractivity contribution in [3.63, 3.8) is 0 Å². The fraction of sp³-hybridized carbons (Fsp3) is 0.375. The molecule has 0 radical (unpaired) electrons. The molecule has 0 bridgehead atoms. The average molecular weight is 505 g/mol. The summed E-state index contributed by atoms with van der Waals surface area (Å²) in [7, 11) is 0. The van der Waals surface area contributed by atoms with Gasteiger partial charge in [0, 0.05) is 17.5 Å². The molecule has 194 valence electrons. The SMILES string of the molecule is O=C(O)CC[C@H](NC(=O)c1cccc(-c2ccccc2O[C@H]2O[C@H](CO)[C@@H](O)[C@H](O)[C@@H]2O)c1)C(=O)O. The number of hydrogen-bond acceptors (Lipinski definition) is 9. The van der Waals surface area contributed by atoms with Crippen LogP contribution in [0.25, 0.3) is 11.1 Å². The summed E-state index contributed by atoms with van der Waals surface area (Å²) in [5.41, 5.74) is 1.06. The summed E-state index contributed by atoms with van der Waals surface area (Å²) in [5.74, 6) is -3.07. The molecule has 0 spiro atoms. The van der Waals surface area contributed by atoms with Crippen LogP contribution < -0.4 is 10.1 Å². The van der Waals surface area contributed by atoms with Gasteiger partial charge in [-0.3, -0.25) is 9.59 Å². The van der Waals surface area contributed by atoms with Gasteiger partial charge in [0.2, 0.25) is 6.29 Å². The molecule has 12 nitrogen and oxygen atoms in total. The molecule has 1 fully saturated rings. The normalized spacial score (nSPS) is 24.5. The molecular weight excluding hydrogens is 478 g/mol. The third kappa shape index (κ3) is 6.36. The molecule has 1 heterocycles. The maximum Gasteiger partial charge on any atom is 0.326 e. The van der Waals surface area contributed by atoms with E-state index in [1.807, 2.05) is 0 Å². The highest BCUT2D eigenvalue weighted by atomic mass is 16.7. The van der Waals surface area contributed by atoms with Gasteiger partial charge in [-0.2, -0.15) is 0 Å². The van der Waals surface area contributed by atoms with Gasteiger partial charge in [0.25, 0.3) is 5.91 Å². The average Bonchev–Trinajstić information content (AvgIpc) is 2.86. The Bertz CT molecular complexity index is 1090. The number of carbonyl (C=O) groups is 3. The van der Waals surface area contributed by atoms with Crippen molar-refractivity contribution in [2.75, 3.05) is 6.61 Å². The lowest BCUT2D eigenvalue weighted by Gasteiger charge is -2.39. The van der Waals surface area contributed by atoms with E-state index in [9.17, 15) is 39.9 Å². The van der Waals surface area contributed by atoms with Crippen molar-refractivity contribution in [1.82, 2.24) is 5.32 Å². The lowest BCUT2D eigenvalue weighted by atomic mass is 9.99. The number of nitrogens with one attached hydrogen (secondary N) is 1. The fourth-order valence-corrected chi connectivity index (χ4v) is 3.69. The molecule has 0 saturated carbocycles. The number of para-hydroxylation sites is 1. The summed E-state index contributed by atoms with van der Waals surface area (Å²) in [6.45, 7) is -0.618. The number of carbonyl (C=O) groups excluding carboxylic acids is 1. The predicted octanol–water partition coefficient (Wildman–Crippen LogP) is -0.420. The number of aliphatic hydroxyl groups excluding tert-OH is 4. The van der Waals surface area contributed by atoms with Gasteiger partial charge in [0.15, 0.2) is 0 Å². The van der Waals surface area contributed by atoms with Crippen LogP contribution in [0.4, 0.5) is 0 Å². The Morgan fingerprint density at radius 1 is 0.972 bits per heavy atom. The lowest BCUT2D eigenvalue weighted by molar-refractivity contribution is -0.277. The topological polar surface area (TPSA) is 203 Å². The molecule has 2 aromatic rings. The largest absolute Gasteiger partial charge is 0.481 e. The van der Waals surface area contributed by atoms with E-state index in [1.165, 1.54) is 12.1 Å². The zero-order chi connectivity index (χ0) is 26.4. The number of benzene rings is 2. The highest BCUT2D eigenvalue weighted by molar-refractivity contribution is 5.97. The quantitative estimate of drug-likeness (QED) is 0.221. The summed E-state index contributed by atoms with van der Waals surface area (Å²) in [6, 6.07) is 11.3. The van der Waals surface area contributed by atoms with Crippen LogP contribution in [0, 0.1) is 0 Å². The Labute approximate surface area is 205 Å². The van der Waals surface area contributed by atoms with Crippen molar-refractivity contribution >= 4 is 17.8 Å². The summed E-state index contributed by atoms with van der Waals surface area (Å²) in [6.07, 6.45) is -8.07. The van der Waals surface area contributed by atoms with Crippen LogP contribution in [0.15, 0.2) is 48.5 Å². The minimum atomic E-state index is -1.62. The molecule has 1 aliphatic heterocycles. The summed E-state index contributed by atoms with van der Waals surface area (Å²) in [4.78, 5) is 34.9. The Kier molecular flexibility index (Phi) is 8.96.